The van der Waals surface area contributed by atoms with E-state index >= 15 is 0 Å². The van der Waals surface area contributed by atoms with Crippen molar-refractivity contribution in [3.63, 3.8) is 0 Å². The van der Waals surface area contributed by atoms with Gasteiger partial charge in [0.25, 0.3) is 5.91 Å². The third-order valence-corrected chi connectivity index (χ3v) is 4.65. The number of carbonyl (C=O) groups excluding carboxylic acids is 1. The van der Waals surface area contributed by atoms with Crippen molar-refractivity contribution < 1.29 is 9.90 Å². The lowest BCUT2D eigenvalue weighted by molar-refractivity contribution is 0.0996. The molecule has 27 heavy (non-hydrogen) atoms. The fraction of sp³-hybridized carbons (Fsp3) is 0.250. The van der Waals surface area contributed by atoms with Crippen LogP contribution in [0.3, 0.4) is 0 Å². The molecule has 1 amide bonds. The van der Waals surface area contributed by atoms with Gasteiger partial charge in [-0.2, -0.15) is 0 Å². The zero-order chi connectivity index (χ0) is 19.8. The molecule has 0 spiro atoms. The summed E-state index contributed by atoms with van der Waals surface area (Å²) in [6, 6.07) is 7.21. The van der Waals surface area contributed by atoms with E-state index in [0.717, 1.165) is 0 Å². The first-order valence-electron chi connectivity index (χ1n) is 8.42. The van der Waals surface area contributed by atoms with Gasteiger partial charge in [0.05, 0.1) is 17.1 Å². The van der Waals surface area contributed by atoms with E-state index in [1.54, 1.807) is 25.1 Å². The average molecular weight is 363 g/mol. The van der Waals surface area contributed by atoms with E-state index < -0.39 is 11.5 Å². The standard InChI is InChI=1S/C20H21N5O2/c1-12-16(21)17(18(22)26)24-19(23-12)15-6-4-5-14(11-15)7-8-20(27)9-10-25(3)13(20)2/h4-6,11,27H,2,9-10,21H2,1,3H3,(H2,22,26)/t20-/m0/s1. The van der Waals surface area contributed by atoms with Crippen LogP contribution in [-0.2, 0) is 0 Å². The van der Waals surface area contributed by atoms with E-state index in [0.29, 0.717) is 41.3 Å². The average Bonchev–Trinajstić information content (AvgIpc) is 2.90. The van der Waals surface area contributed by atoms with E-state index in [9.17, 15) is 9.90 Å². The van der Waals surface area contributed by atoms with E-state index in [4.69, 9.17) is 11.5 Å². The minimum absolute atomic E-state index is 0.00593. The van der Waals surface area contributed by atoms with Gasteiger partial charge in [-0.25, -0.2) is 9.97 Å². The van der Waals surface area contributed by atoms with Crippen LogP contribution >= 0.6 is 0 Å². The zero-order valence-corrected chi connectivity index (χ0v) is 15.3. The van der Waals surface area contributed by atoms with Crippen molar-refractivity contribution in [3.05, 3.63) is 53.5 Å². The number of rotatable bonds is 2. The van der Waals surface area contributed by atoms with E-state index in [2.05, 4.69) is 28.4 Å². The molecule has 7 nitrogen and oxygen atoms in total. The topological polar surface area (TPSA) is 118 Å². The highest BCUT2D eigenvalue weighted by Gasteiger charge is 2.36. The summed E-state index contributed by atoms with van der Waals surface area (Å²) in [6.07, 6.45) is 0.511. The second-order valence-electron chi connectivity index (χ2n) is 6.57. The summed E-state index contributed by atoms with van der Waals surface area (Å²) in [5.41, 5.74) is 12.5. The van der Waals surface area contributed by atoms with Crippen LogP contribution in [0, 0.1) is 18.8 Å². The van der Waals surface area contributed by atoms with Crippen molar-refractivity contribution in [2.24, 2.45) is 5.73 Å². The fourth-order valence-electron chi connectivity index (χ4n) is 2.87. The maximum absolute atomic E-state index is 11.6. The molecule has 1 aromatic carbocycles. The molecule has 0 bridgehead atoms. The molecule has 2 aromatic rings. The number of nitrogen functional groups attached to an aromatic ring is 1. The lowest BCUT2D eigenvalue weighted by atomic mass is 10.00. The smallest absolute Gasteiger partial charge is 0.269 e. The van der Waals surface area contributed by atoms with Crippen molar-refractivity contribution in [1.29, 1.82) is 0 Å². The van der Waals surface area contributed by atoms with Gasteiger partial charge in [0, 0.05) is 31.1 Å². The molecule has 7 heteroatoms. The maximum atomic E-state index is 11.6. The van der Waals surface area contributed by atoms with Crippen LogP contribution < -0.4 is 11.5 Å². The van der Waals surface area contributed by atoms with Crippen molar-refractivity contribution in [2.75, 3.05) is 19.3 Å². The Hall–Kier alpha value is -3.37. The molecular weight excluding hydrogens is 342 g/mol. The molecule has 5 N–H and O–H groups in total. The van der Waals surface area contributed by atoms with Crippen LogP contribution in [0.4, 0.5) is 5.69 Å². The molecule has 3 rings (SSSR count). The molecule has 1 saturated heterocycles. The summed E-state index contributed by atoms with van der Waals surface area (Å²) < 4.78 is 0. The third-order valence-electron chi connectivity index (χ3n) is 4.65. The first-order chi connectivity index (χ1) is 12.7. The first-order valence-corrected chi connectivity index (χ1v) is 8.42. The van der Waals surface area contributed by atoms with Gasteiger partial charge in [-0.1, -0.05) is 30.6 Å². The molecule has 1 aromatic heterocycles. The molecule has 1 aliphatic heterocycles. The Bertz CT molecular complexity index is 1010. The van der Waals surface area contributed by atoms with Gasteiger partial charge >= 0.3 is 0 Å². The van der Waals surface area contributed by atoms with E-state index in [1.165, 1.54) is 0 Å². The SMILES string of the molecule is C=C1N(C)CC[C@@]1(O)C#Cc1cccc(-c2nc(C)c(N)c(C(N)=O)n2)c1. The summed E-state index contributed by atoms with van der Waals surface area (Å²) in [5, 5.41) is 10.6. The lowest BCUT2D eigenvalue weighted by Crippen LogP contribution is -2.26. The molecule has 0 radical (unpaired) electrons. The highest BCUT2D eigenvalue weighted by Crippen LogP contribution is 2.29. The van der Waals surface area contributed by atoms with Crippen LogP contribution in [0.2, 0.25) is 0 Å². The number of benzene rings is 1. The highest BCUT2D eigenvalue weighted by atomic mass is 16.3. The van der Waals surface area contributed by atoms with Crippen LogP contribution in [0.25, 0.3) is 11.4 Å². The van der Waals surface area contributed by atoms with E-state index in [-0.39, 0.29) is 11.4 Å². The molecule has 0 aliphatic carbocycles. The van der Waals surface area contributed by atoms with Gasteiger partial charge in [0.2, 0.25) is 0 Å². The lowest BCUT2D eigenvalue weighted by Gasteiger charge is -2.19. The molecule has 0 unspecified atom stereocenters. The van der Waals surface area contributed by atoms with Gasteiger partial charge in [0.1, 0.15) is 0 Å². The van der Waals surface area contributed by atoms with Gasteiger partial charge in [-0.05, 0) is 19.1 Å². The molecule has 138 valence electrons. The number of anilines is 1. The highest BCUT2D eigenvalue weighted by molar-refractivity contribution is 5.96. The number of aryl methyl sites for hydroxylation is 1. The monoisotopic (exact) mass is 363 g/mol. The van der Waals surface area contributed by atoms with Crippen molar-refractivity contribution in [3.8, 4) is 23.2 Å². The Morgan fingerprint density at radius 3 is 2.78 bits per heavy atom. The summed E-state index contributed by atoms with van der Waals surface area (Å²) in [5.74, 6) is 5.53. The number of likely N-dealkylation sites (tertiary alicyclic amines) is 1. The third kappa shape index (κ3) is 3.48. The number of likely N-dealkylation sites (N-methyl/N-ethyl adjacent to an activating group) is 1. The number of carbonyl (C=O) groups is 1. The Labute approximate surface area is 157 Å². The minimum Gasteiger partial charge on any atom is -0.395 e. The maximum Gasteiger partial charge on any atom is 0.269 e. The Morgan fingerprint density at radius 2 is 2.15 bits per heavy atom. The van der Waals surface area contributed by atoms with Gasteiger partial charge in [-0.15, -0.1) is 0 Å². The van der Waals surface area contributed by atoms with Crippen LogP contribution in [0.1, 0.15) is 28.2 Å². The quantitative estimate of drug-likeness (QED) is 0.687. The molecular formula is C20H21N5O2. The minimum atomic E-state index is -1.22. The Kier molecular flexibility index (Phi) is 4.60. The van der Waals surface area contributed by atoms with Gasteiger partial charge in [-0.3, -0.25) is 4.79 Å². The van der Waals surface area contributed by atoms with Crippen LogP contribution in [0.5, 0.6) is 0 Å². The van der Waals surface area contributed by atoms with E-state index in [1.807, 2.05) is 18.0 Å². The predicted octanol–water partition coefficient (Wildman–Crippen LogP) is 1.06. The first kappa shape index (κ1) is 18.4. The fourth-order valence-corrected chi connectivity index (χ4v) is 2.87. The number of nitrogens with zero attached hydrogens (tertiary/aromatic N) is 3. The molecule has 1 aliphatic rings. The molecule has 2 heterocycles. The summed E-state index contributed by atoms with van der Waals surface area (Å²) >= 11 is 0. The van der Waals surface area contributed by atoms with Gasteiger partial charge < -0.3 is 21.5 Å². The second kappa shape index (κ2) is 6.74. The second-order valence-corrected chi connectivity index (χ2v) is 6.57. The molecule has 1 fully saturated rings. The number of hydrogen-bond donors (Lipinski definition) is 3. The number of hydrogen-bond acceptors (Lipinski definition) is 6. The summed E-state index contributed by atoms with van der Waals surface area (Å²) in [7, 11) is 1.87. The molecule has 1 atom stereocenters. The van der Waals surface area contributed by atoms with Crippen molar-refractivity contribution >= 4 is 11.6 Å². The number of primary amides is 1. The van der Waals surface area contributed by atoms with Gasteiger partial charge in [0.15, 0.2) is 17.1 Å². The normalized spacial score (nSPS) is 18.9. The number of amides is 1. The number of aliphatic hydroxyl groups is 1. The van der Waals surface area contributed by atoms with Crippen molar-refractivity contribution in [2.45, 2.75) is 18.9 Å². The van der Waals surface area contributed by atoms with Crippen LogP contribution in [-0.4, -0.2) is 45.1 Å². The number of nitrogens with two attached hydrogens (primary N) is 2. The predicted molar refractivity (Wildman–Crippen MR) is 103 cm³/mol. The molecule has 0 saturated carbocycles. The van der Waals surface area contributed by atoms with Crippen molar-refractivity contribution in [1.82, 2.24) is 14.9 Å². The zero-order valence-electron chi connectivity index (χ0n) is 15.3. The summed E-state index contributed by atoms with van der Waals surface area (Å²) in [4.78, 5) is 22.0. The number of aromatic nitrogens is 2. The summed E-state index contributed by atoms with van der Waals surface area (Å²) in [6.45, 7) is 6.30. The largest absolute Gasteiger partial charge is 0.395 e. The Balaban J connectivity index is 1.98. The van der Waals surface area contributed by atoms with Crippen LogP contribution in [0.15, 0.2) is 36.5 Å². The Morgan fingerprint density at radius 1 is 1.41 bits per heavy atom.